The molecule has 1 aromatic heterocycles. The van der Waals surface area contributed by atoms with Crippen molar-refractivity contribution in [1.82, 2.24) is 9.97 Å². The fourth-order valence-electron chi connectivity index (χ4n) is 1.73. The summed E-state index contributed by atoms with van der Waals surface area (Å²) in [6, 6.07) is 9.48. The predicted octanol–water partition coefficient (Wildman–Crippen LogP) is 1.36. The van der Waals surface area contributed by atoms with Gasteiger partial charge in [-0.15, -0.1) is 0 Å². The minimum absolute atomic E-state index is 0.0585. The number of benzene rings is 1. The van der Waals surface area contributed by atoms with Crippen LogP contribution in [-0.4, -0.2) is 21.7 Å². The summed E-state index contributed by atoms with van der Waals surface area (Å²) in [6.45, 7) is 1.70. The summed E-state index contributed by atoms with van der Waals surface area (Å²) in [5.74, 6) is 0.408. The van der Waals surface area contributed by atoms with Crippen LogP contribution in [0.1, 0.15) is 11.3 Å². The molecule has 0 saturated carbocycles. The Kier molecular flexibility index (Phi) is 3.74. The van der Waals surface area contributed by atoms with Crippen LogP contribution in [-0.2, 0) is 6.42 Å². The van der Waals surface area contributed by atoms with Gasteiger partial charge in [0.15, 0.2) is 0 Å². The molecule has 0 radical (unpaired) electrons. The molecule has 18 heavy (non-hydrogen) atoms. The molecule has 2 rings (SSSR count). The maximum Gasteiger partial charge on any atom is 0.255 e. The zero-order valence-corrected chi connectivity index (χ0v) is 10.1. The van der Waals surface area contributed by atoms with Crippen molar-refractivity contribution >= 4 is 11.6 Å². The maximum atomic E-state index is 11.8. The number of aromatic amines is 1. The molecule has 0 atom stereocenters. The molecule has 2 aromatic rings. The van der Waals surface area contributed by atoms with Gasteiger partial charge in [-0.3, -0.25) is 9.78 Å². The number of aliphatic hydroxyl groups is 1. The van der Waals surface area contributed by atoms with Crippen molar-refractivity contribution in [2.75, 3.05) is 11.9 Å². The summed E-state index contributed by atoms with van der Waals surface area (Å²) in [7, 11) is 0. The van der Waals surface area contributed by atoms with E-state index in [1.54, 1.807) is 6.92 Å². The zero-order valence-electron chi connectivity index (χ0n) is 10.1. The lowest BCUT2D eigenvalue weighted by molar-refractivity contribution is 0.298. The van der Waals surface area contributed by atoms with Gasteiger partial charge in [-0.05, 0) is 19.1 Å². The molecule has 0 aliphatic carbocycles. The quantitative estimate of drug-likeness (QED) is 0.760. The number of para-hydroxylation sites is 1. The van der Waals surface area contributed by atoms with Crippen molar-refractivity contribution in [2.45, 2.75) is 13.3 Å². The van der Waals surface area contributed by atoms with Crippen LogP contribution in [0, 0.1) is 6.92 Å². The second-order valence-electron chi connectivity index (χ2n) is 3.94. The van der Waals surface area contributed by atoms with Crippen LogP contribution < -0.4 is 10.9 Å². The molecule has 0 saturated heterocycles. The third-order valence-corrected chi connectivity index (χ3v) is 2.62. The largest absolute Gasteiger partial charge is 0.396 e. The summed E-state index contributed by atoms with van der Waals surface area (Å²) in [4.78, 5) is 18.7. The minimum atomic E-state index is -0.213. The second kappa shape index (κ2) is 5.46. The summed E-state index contributed by atoms with van der Waals surface area (Å²) < 4.78 is 0. The number of hydrogen-bond acceptors (Lipinski definition) is 4. The van der Waals surface area contributed by atoms with Crippen molar-refractivity contribution < 1.29 is 5.11 Å². The molecule has 3 N–H and O–H groups in total. The number of hydrogen-bond donors (Lipinski definition) is 3. The first-order valence-electron chi connectivity index (χ1n) is 5.73. The van der Waals surface area contributed by atoms with Crippen LogP contribution in [0.25, 0.3) is 0 Å². The van der Waals surface area contributed by atoms with E-state index in [2.05, 4.69) is 15.3 Å². The molecule has 0 unspecified atom stereocenters. The lowest BCUT2D eigenvalue weighted by atomic mass is 10.2. The third-order valence-electron chi connectivity index (χ3n) is 2.62. The highest BCUT2D eigenvalue weighted by Crippen LogP contribution is 2.11. The van der Waals surface area contributed by atoms with Gasteiger partial charge in [0.25, 0.3) is 5.56 Å². The first-order valence-corrected chi connectivity index (χ1v) is 5.73. The normalized spacial score (nSPS) is 10.3. The Morgan fingerprint density at radius 2 is 2.06 bits per heavy atom. The van der Waals surface area contributed by atoms with Gasteiger partial charge in [0.05, 0.1) is 5.69 Å². The summed E-state index contributed by atoms with van der Waals surface area (Å²) in [6.07, 6.45) is 0.319. The van der Waals surface area contributed by atoms with Crippen LogP contribution in [0.3, 0.4) is 0 Å². The van der Waals surface area contributed by atoms with Crippen LogP contribution in [0.5, 0.6) is 0 Å². The molecule has 0 fully saturated rings. The average molecular weight is 245 g/mol. The summed E-state index contributed by atoms with van der Waals surface area (Å²) in [5, 5.41) is 11.9. The van der Waals surface area contributed by atoms with E-state index < -0.39 is 0 Å². The number of aromatic nitrogens is 2. The van der Waals surface area contributed by atoms with Gasteiger partial charge in [-0.1, -0.05) is 18.2 Å². The summed E-state index contributed by atoms with van der Waals surface area (Å²) >= 11 is 0. The molecule has 1 heterocycles. The molecular weight excluding hydrogens is 230 g/mol. The van der Waals surface area contributed by atoms with Gasteiger partial charge in [0, 0.05) is 24.3 Å². The van der Waals surface area contributed by atoms with Crippen molar-refractivity contribution in [3.8, 4) is 0 Å². The molecule has 94 valence electrons. The van der Waals surface area contributed by atoms with E-state index in [-0.39, 0.29) is 12.2 Å². The molecule has 0 spiro atoms. The smallest absolute Gasteiger partial charge is 0.255 e. The average Bonchev–Trinajstić information content (AvgIpc) is 2.35. The number of rotatable bonds is 4. The van der Waals surface area contributed by atoms with Gasteiger partial charge in [0.2, 0.25) is 5.95 Å². The summed E-state index contributed by atoms with van der Waals surface area (Å²) in [5.41, 5.74) is 1.80. The Morgan fingerprint density at radius 3 is 2.67 bits per heavy atom. The first-order chi connectivity index (χ1) is 8.70. The predicted molar refractivity (Wildman–Crippen MR) is 70.1 cm³/mol. The lowest BCUT2D eigenvalue weighted by Gasteiger charge is -2.08. The number of nitrogens with zero attached hydrogens (tertiary/aromatic N) is 1. The van der Waals surface area contributed by atoms with Gasteiger partial charge >= 0.3 is 0 Å². The SMILES string of the molecule is Cc1nc(Nc2ccccc2)[nH]c(=O)c1CCO. The van der Waals surface area contributed by atoms with Crippen molar-refractivity contribution in [2.24, 2.45) is 0 Å². The topological polar surface area (TPSA) is 78.0 Å². The van der Waals surface area contributed by atoms with E-state index in [1.807, 2.05) is 30.3 Å². The van der Waals surface area contributed by atoms with Gasteiger partial charge in [-0.25, -0.2) is 4.98 Å². The van der Waals surface area contributed by atoms with E-state index in [0.717, 1.165) is 5.69 Å². The molecule has 1 aromatic carbocycles. The molecule has 0 aliphatic rings. The van der Waals surface area contributed by atoms with E-state index >= 15 is 0 Å². The molecule has 0 bridgehead atoms. The number of nitrogens with one attached hydrogen (secondary N) is 2. The molecule has 5 nitrogen and oxygen atoms in total. The highest BCUT2D eigenvalue weighted by atomic mass is 16.3. The van der Waals surface area contributed by atoms with Gasteiger partial charge in [0.1, 0.15) is 0 Å². The number of H-pyrrole nitrogens is 1. The Bertz CT molecular complexity index is 579. The Labute approximate surface area is 105 Å². The fourth-order valence-corrected chi connectivity index (χ4v) is 1.73. The maximum absolute atomic E-state index is 11.8. The van der Waals surface area contributed by atoms with Crippen LogP contribution in [0.15, 0.2) is 35.1 Å². The van der Waals surface area contributed by atoms with Crippen molar-refractivity contribution in [3.63, 3.8) is 0 Å². The molecule has 5 heteroatoms. The Hall–Kier alpha value is -2.14. The van der Waals surface area contributed by atoms with Crippen molar-refractivity contribution in [1.29, 1.82) is 0 Å². The molecule has 0 aliphatic heterocycles. The number of aliphatic hydroxyl groups excluding tert-OH is 1. The third kappa shape index (κ3) is 2.75. The zero-order chi connectivity index (χ0) is 13.0. The van der Waals surface area contributed by atoms with Crippen LogP contribution in [0.2, 0.25) is 0 Å². The monoisotopic (exact) mass is 245 g/mol. The molecular formula is C13H15N3O2. The van der Waals surface area contributed by atoms with Gasteiger partial charge < -0.3 is 10.4 Å². The second-order valence-corrected chi connectivity index (χ2v) is 3.94. The highest BCUT2D eigenvalue weighted by molar-refractivity contribution is 5.52. The van der Waals surface area contributed by atoms with Crippen molar-refractivity contribution in [3.05, 3.63) is 51.9 Å². The van der Waals surface area contributed by atoms with Crippen LogP contribution >= 0.6 is 0 Å². The fraction of sp³-hybridized carbons (Fsp3) is 0.231. The van der Waals surface area contributed by atoms with E-state index in [1.165, 1.54) is 0 Å². The Morgan fingerprint density at radius 1 is 1.33 bits per heavy atom. The van der Waals surface area contributed by atoms with Crippen LogP contribution in [0.4, 0.5) is 11.6 Å². The van der Waals surface area contributed by atoms with E-state index in [9.17, 15) is 4.79 Å². The standard InChI is InChI=1S/C13H15N3O2/c1-9-11(7-8-17)12(18)16-13(14-9)15-10-5-3-2-4-6-10/h2-6,17H,7-8H2,1H3,(H2,14,15,16,18). The Balaban J connectivity index is 2.28. The minimum Gasteiger partial charge on any atom is -0.396 e. The first kappa shape index (κ1) is 12.3. The number of anilines is 2. The van der Waals surface area contributed by atoms with E-state index in [0.29, 0.717) is 23.6 Å². The molecule has 0 amide bonds. The van der Waals surface area contributed by atoms with Gasteiger partial charge in [-0.2, -0.15) is 0 Å². The van der Waals surface area contributed by atoms with E-state index in [4.69, 9.17) is 5.11 Å². The highest BCUT2D eigenvalue weighted by Gasteiger charge is 2.07. The number of aryl methyl sites for hydroxylation is 1. The lowest BCUT2D eigenvalue weighted by Crippen LogP contribution is -2.19.